The lowest BCUT2D eigenvalue weighted by atomic mass is 10.2. The Morgan fingerprint density at radius 3 is 2.64 bits per heavy atom. The minimum atomic E-state index is 0.206. The molecular weight excluding hydrogens is 324 g/mol. The quantitative estimate of drug-likeness (QED) is 0.646. The molecule has 2 heterocycles. The summed E-state index contributed by atoms with van der Waals surface area (Å²) in [6.07, 6.45) is 0. The molecule has 114 valence electrons. The van der Waals surface area contributed by atoms with Crippen LogP contribution in [0.5, 0.6) is 0 Å². The smallest absolute Gasteiger partial charge is 0.277 e. The molecule has 0 bridgehead atoms. The van der Waals surface area contributed by atoms with E-state index in [1.54, 1.807) is 6.07 Å². The van der Waals surface area contributed by atoms with Gasteiger partial charge in [0, 0.05) is 5.92 Å². The second-order valence-electron chi connectivity index (χ2n) is 4.83. The average molecular weight is 337 g/mol. The van der Waals surface area contributed by atoms with Crippen molar-refractivity contribution in [3.05, 3.63) is 41.1 Å². The van der Waals surface area contributed by atoms with Crippen LogP contribution in [0.2, 0.25) is 5.02 Å². The molecule has 0 aliphatic heterocycles. The standard InChI is InChI=1S/C14H13ClN4O2S/c1-8(2)12-17-19-14(21-12)22-7-11-16-18-13(20-11)9-5-3-4-6-10(9)15/h3-6,8H,7H2,1-2H3. The lowest BCUT2D eigenvalue weighted by Gasteiger charge is -1.96. The Bertz CT molecular complexity index is 772. The van der Waals surface area contributed by atoms with Crippen LogP contribution in [0.15, 0.2) is 38.3 Å². The summed E-state index contributed by atoms with van der Waals surface area (Å²) in [7, 11) is 0. The zero-order valence-corrected chi connectivity index (χ0v) is 13.6. The molecule has 3 rings (SSSR count). The minimum Gasteiger partial charge on any atom is -0.420 e. The van der Waals surface area contributed by atoms with E-state index >= 15 is 0 Å². The van der Waals surface area contributed by atoms with Crippen LogP contribution in [0.4, 0.5) is 0 Å². The van der Waals surface area contributed by atoms with Gasteiger partial charge in [0.25, 0.3) is 5.22 Å². The predicted molar refractivity (Wildman–Crippen MR) is 82.7 cm³/mol. The van der Waals surface area contributed by atoms with Crippen LogP contribution in [-0.2, 0) is 5.75 Å². The van der Waals surface area contributed by atoms with Gasteiger partial charge < -0.3 is 8.83 Å². The van der Waals surface area contributed by atoms with E-state index < -0.39 is 0 Å². The third kappa shape index (κ3) is 3.31. The zero-order chi connectivity index (χ0) is 15.5. The second kappa shape index (κ2) is 6.50. The third-order valence-corrected chi connectivity index (χ3v) is 3.94. The van der Waals surface area contributed by atoms with Crippen molar-refractivity contribution in [1.82, 2.24) is 20.4 Å². The fourth-order valence-electron chi connectivity index (χ4n) is 1.69. The molecule has 0 aliphatic carbocycles. The molecule has 0 atom stereocenters. The van der Waals surface area contributed by atoms with Gasteiger partial charge in [-0.15, -0.1) is 20.4 Å². The highest BCUT2D eigenvalue weighted by atomic mass is 35.5. The molecule has 0 unspecified atom stereocenters. The van der Waals surface area contributed by atoms with E-state index in [1.807, 2.05) is 32.0 Å². The Balaban J connectivity index is 1.68. The van der Waals surface area contributed by atoms with Crippen LogP contribution in [0.3, 0.4) is 0 Å². The monoisotopic (exact) mass is 336 g/mol. The third-order valence-electron chi connectivity index (χ3n) is 2.81. The maximum Gasteiger partial charge on any atom is 0.277 e. The molecule has 3 aromatic rings. The Morgan fingerprint density at radius 1 is 1.09 bits per heavy atom. The average Bonchev–Trinajstić information content (AvgIpc) is 3.15. The molecule has 1 aromatic carbocycles. The Morgan fingerprint density at radius 2 is 1.91 bits per heavy atom. The highest BCUT2D eigenvalue weighted by Crippen LogP contribution is 2.28. The van der Waals surface area contributed by atoms with Crippen LogP contribution in [0, 0.1) is 0 Å². The summed E-state index contributed by atoms with van der Waals surface area (Å²) in [6, 6.07) is 7.33. The van der Waals surface area contributed by atoms with Crippen molar-refractivity contribution in [2.45, 2.75) is 30.7 Å². The van der Waals surface area contributed by atoms with E-state index in [0.29, 0.717) is 39.2 Å². The maximum absolute atomic E-state index is 6.11. The van der Waals surface area contributed by atoms with Crippen molar-refractivity contribution in [1.29, 1.82) is 0 Å². The van der Waals surface area contributed by atoms with Gasteiger partial charge in [0.1, 0.15) is 0 Å². The molecular formula is C14H13ClN4O2S. The maximum atomic E-state index is 6.11. The summed E-state index contributed by atoms with van der Waals surface area (Å²) in [5.74, 6) is 2.15. The number of aromatic nitrogens is 4. The molecule has 8 heteroatoms. The highest BCUT2D eigenvalue weighted by Gasteiger charge is 2.14. The Kier molecular flexibility index (Phi) is 4.44. The van der Waals surface area contributed by atoms with Gasteiger partial charge in [-0.25, -0.2) is 0 Å². The van der Waals surface area contributed by atoms with Gasteiger partial charge in [0.2, 0.25) is 17.7 Å². The summed E-state index contributed by atoms with van der Waals surface area (Å²) in [5.41, 5.74) is 0.716. The predicted octanol–water partition coefficient (Wildman–Crippen LogP) is 4.19. The zero-order valence-electron chi connectivity index (χ0n) is 12.0. The van der Waals surface area contributed by atoms with Crippen LogP contribution in [0.1, 0.15) is 31.5 Å². The van der Waals surface area contributed by atoms with Gasteiger partial charge in [-0.05, 0) is 12.1 Å². The highest BCUT2D eigenvalue weighted by molar-refractivity contribution is 7.98. The van der Waals surface area contributed by atoms with Crippen molar-refractivity contribution < 1.29 is 8.83 Å². The molecule has 0 aliphatic rings. The van der Waals surface area contributed by atoms with Crippen molar-refractivity contribution in [3.8, 4) is 11.5 Å². The normalized spacial score (nSPS) is 11.3. The summed E-state index contributed by atoms with van der Waals surface area (Å²) >= 11 is 7.46. The van der Waals surface area contributed by atoms with Crippen molar-refractivity contribution in [2.75, 3.05) is 0 Å². The van der Waals surface area contributed by atoms with E-state index in [0.717, 1.165) is 0 Å². The lowest BCUT2D eigenvalue weighted by molar-refractivity contribution is 0.398. The fourth-order valence-corrected chi connectivity index (χ4v) is 2.51. The molecule has 0 amide bonds. The molecule has 22 heavy (non-hydrogen) atoms. The molecule has 0 saturated carbocycles. The van der Waals surface area contributed by atoms with Gasteiger partial charge in [-0.1, -0.05) is 49.3 Å². The van der Waals surface area contributed by atoms with Crippen LogP contribution in [0.25, 0.3) is 11.5 Å². The largest absolute Gasteiger partial charge is 0.420 e. The number of hydrogen-bond donors (Lipinski definition) is 0. The van der Waals surface area contributed by atoms with Gasteiger partial charge in [0.15, 0.2) is 0 Å². The first-order chi connectivity index (χ1) is 10.6. The minimum absolute atomic E-state index is 0.206. The summed E-state index contributed by atoms with van der Waals surface area (Å²) < 4.78 is 11.1. The topological polar surface area (TPSA) is 77.8 Å². The van der Waals surface area contributed by atoms with E-state index in [2.05, 4.69) is 20.4 Å². The van der Waals surface area contributed by atoms with Crippen LogP contribution < -0.4 is 0 Å². The van der Waals surface area contributed by atoms with Gasteiger partial charge in [0.05, 0.1) is 16.3 Å². The number of thioether (sulfide) groups is 1. The van der Waals surface area contributed by atoms with Gasteiger partial charge in [-0.2, -0.15) is 0 Å². The molecule has 2 aromatic heterocycles. The first-order valence-electron chi connectivity index (χ1n) is 6.67. The van der Waals surface area contributed by atoms with E-state index in [4.69, 9.17) is 20.4 Å². The lowest BCUT2D eigenvalue weighted by Crippen LogP contribution is -1.85. The van der Waals surface area contributed by atoms with Crippen LogP contribution in [-0.4, -0.2) is 20.4 Å². The molecule has 0 spiro atoms. The van der Waals surface area contributed by atoms with Crippen molar-refractivity contribution in [2.24, 2.45) is 0 Å². The van der Waals surface area contributed by atoms with E-state index in [9.17, 15) is 0 Å². The summed E-state index contributed by atoms with van der Waals surface area (Å²) in [6.45, 7) is 3.99. The molecule has 0 radical (unpaired) electrons. The van der Waals surface area contributed by atoms with E-state index in [1.165, 1.54) is 11.8 Å². The van der Waals surface area contributed by atoms with Crippen molar-refractivity contribution in [3.63, 3.8) is 0 Å². The second-order valence-corrected chi connectivity index (χ2v) is 6.16. The first-order valence-corrected chi connectivity index (χ1v) is 8.03. The SMILES string of the molecule is CC(C)c1nnc(SCc2nnc(-c3ccccc3Cl)o2)o1. The Hall–Kier alpha value is -1.86. The number of nitrogens with zero attached hydrogens (tertiary/aromatic N) is 4. The summed E-state index contributed by atoms with van der Waals surface area (Å²) in [4.78, 5) is 0. The first kappa shape index (κ1) is 15.1. The van der Waals surface area contributed by atoms with Gasteiger partial charge in [-0.3, -0.25) is 0 Å². The number of hydrogen-bond acceptors (Lipinski definition) is 7. The molecule has 0 saturated heterocycles. The summed E-state index contributed by atoms with van der Waals surface area (Å²) in [5, 5.41) is 17.0. The molecule has 0 N–H and O–H groups in total. The molecule has 0 fully saturated rings. The van der Waals surface area contributed by atoms with E-state index in [-0.39, 0.29) is 5.92 Å². The van der Waals surface area contributed by atoms with Gasteiger partial charge >= 0.3 is 0 Å². The van der Waals surface area contributed by atoms with Crippen molar-refractivity contribution >= 4 is 23.4 Å². The number of benzene rings is 1. The fraction of sp³-hybridized carbons (Fsp3) is 0.286. The number of halogens is 1. The number of rotatable bonds is 5. The molecule has 6 nitrogen and oxygen atoms in total. The van der Waals surface area contributed by atoms with Crippen LogP contribution >= 0.6 is 23.4 Å². The Labute approximate surface area is 136 Å².